The highest BCUT2D eigenvalue weighted by Gasteiger charge is 2.31. The number of alkyl halides is 3. The average Bonchev–Trinajstić information content (AvgIpc) is 2.57. The molecule has 0 amide bonds. The molecule has 2 aromatic rings. The predicted molar refractivity (Wildman–Crippen MR) is 88.9 cm³/mol. The second-order valence-electron chi connectivity index (χ2n) is 5.13. The van der Waals surface area contributed by atoms with Crippen LogP contribution in [-0.2, 0) is 15.7 Å². The molecule has 1 unspecified atom stereocenters. The summed E-state index contributed by atoms with van der Waals surface area (Å²) in [6, 6.07) is 6.58. The second-order valence-corrected chi connectivity index (χ2v) is 5.95. The molecule has 2 rings (SSSR count). The molecular formula is C17H11Cl2F3O4. The first-order valence-corrected chi connectivity index (χ1v) is 7.88. The zero-order valence-corrected chi connectivity index (χ0v) is 14.7. The van der Waals surface area contributed by atoms with Gasteiger partial charge in [0.05, 0.1) is 21.2 Å². The summed E-state index contributed by atoms with van der Waals surface area (Å²) < 4.78 is 48.2. The smallest absolute Gasteiger partial charge is 0.416 e. The first kappa shape index (κ1) is 20.1. The summed E-state index contributed by atoms with van der Waals surface area (Å²) in [6.45, 7) is 1.38. The zero-order valence-electron chi connectivity index (χ0n) is 13.1. The van der Waals surface area contributed by atoms with Gasteiger partial charge in [0.15, 0.2) is 12.4 Å². The van der Waals surface area contributed by atoms with Crippen LogP contribution in [0.15, 0.2) is 36.4 Å². The number of carbonyl (C=O) groups is 2. The van der Waals surface area contributed by atoms with Crippen molar-refractivity contribution >= 4 is 35.5 Å². The van der Waals surface area contributed by atoms with E-state index in [0.717, 1.165) is 18.2 Å². The van der Waals surface area contributed by atoms with E-state index in [1.807, 2.05) is 0 Å². The van der Waals surface area contributed by atoms with E-state index < -0.39 is 23.8 Å². The molecule has 138 valence electrons. The number of rotatable bonds is 5. The highest BCUT2D eigenvalue weighted by Crippen LogP contribution is 2.37. The van der Waals surface area contributed by atoms with Gasteiger partial charge in [-0.3, -0.25) is 4.79 Å². The van der Waals surface area contributed by atoms with E-state index in [4.69, 9.17) is 32.7 Å². The molecule has 0 aliphatic rings. The lowest BCUT2D eigenvalue weighted by Gasteiger charge is -2.13. The van der Waals surface area contributed by atoms with E-state index in [2.05, 4.69) is 0 Å². The van der Waals surface area contributed by atoms with Crippen molar-refractivity contribution in [1.29, 1.82) is 0 Å². The standard InChI is InChI=1S/C17H11Cl2F3O4/c1-9(8-23)25-16(24)12-7-11(3-4-13(12)18)26-15-5-2-10(6-14(15)19)17(20,21)22/h2-9H,1H3. The third kappa shape index (κ3) is 4.89. The van der Waals surface area contributed by atoms with Crippen LogP contribution in [0.4, 0.5) is 13.2 Å². The lowest BCUT2D eigenvalue weighted by atomic mass is 10.2. The van der Waals surface area contributed by atoms with Gasteiger partial charge >= 0.3 is 12.1 Å². The minimum atomic E-state index is -4.53. The molecular weight excluding hydrogens is 396 g/mol. The number of halogens is 5. The summed E-state index contributed by atoms with van der Waals surface area (Å²) in [7, 11) is 0. The molecule has 0 saturated carbocycles. The van der Waals surface area contributed by atoms with E-state index in [0.29, 0.717) is 6.29 Å². The Hall–Kier alpha value is -2.25. The molecule has 0 spiro atoms. The topological polar surface area (TPSA) is 52.6 Å². The third-order valence-corrected chi connectivity index (χ3v) is 3.75. The van der Waals surface area contributed by atoms with Gasteiger partial charge in [-0.15, -0.1) is 0 Å². The molecule has 4 nitrogen and oxygen atoms in total. The molecule has 1 atom stereocenters. The molecule has 0 bridgehead atoms. The number of aldehydes is 1. The predicted octanol–water partition coefficient (Wildman–Crippen LogP) is 5.55. The molecule has 0 aliphatic heterocycles. The van der Waals surface area contributed by atoms with Crippen molar-refractivity contribution in [2.75, 3.05) is 0 Å². The van der Waals surface area contributed by atoms with E-state index in [1.54, 1.807) is 0 Å². The SMILES string of the molecule is CC(C=O)OC(=O)c1cc(Oc2ccc(C(F)(F)F)cc2Cl)ccc1Cl. The molecule has 0 fully saturated rings. The normalized spacial score (nSPS) is 12.4. The van der Waals surface area contributed by atoms with Crippen LogP contribution in [0.1, 0.15) is 22.8 Å². The van der Waals surface area contributed by atoms with Crippen LogP contribution in [-0.4, -0.2) is 18.4 Å². The maximum Gasteiger partial charge on any atom is 0.416 e. The summed E-state index contributed by atoms with van der Waals surface area (Å²) in [5, 5.41) is -0.201. The van der Waals surface area contributed by atoms with Crippen LogP contribution < -0.4 is 4.74 Å². The molecule has 0 N–H and O–H groups in total. The summed E-state index contributed by atoms with van der Waals surface area (Å²) in [6.07, 6.45) is -5.06. The summed E-state index contributed by atoms with van der Waals surface area (Å²) in [4.78, 5) is 22.6. The van der Waals surface area contributed by atoms with Gasteiger partial charge in [-0.1, -0.05) is 23.2 Å². The van der Waals surface area contributed by atoms with E-state index in [9.17, 15) is 22.8 Å². The Labute approximate surface area is 156 Å². The molecule has 0 aromatic heterocycles. The quantitative estimate of drug-likeness (QED) is 0.482. The van der Waals surface area contributed by atoms with E-state index in [1.165, 1.54) is 25.1 Å². The van der Waals surface area contributed by atoms with Crippen molar-refractivity contribution in [3.8, 4) is 11.5 Å². The van der Waals surface area contributed by atoms with Gasteiger partial charge in [-0.25, -0.2) is 4.79 Å². The minimum Gasteiger partial charge on any atom is -0.456 e. The maximum absolute atomic E-state index is 12.7. The van der Waals surface area contributed by atoms with E-state index in [-0.39, 0.29) is 27.1 Å². The number of benzene rings is 2. The first-order chi connectivity index (χ1) is 12.1. The number of hydrogen-bond donors (Lipinski definition) is 0. The Balaban J connectivity index is 2.27. The van der Waals surface area contributed by atoms with Gasteiger partial charge < -0.3 is 9.47 Å². The minimum absolute atomic E-state index is 0.0393. The van der Waals surface area contributed by atoms with Gasteiger partial charge in [-0.05, 0) is 43.3 Å². The Morgan fingerprint density at radius 2 is 1.81 bits per heavy atom. The van der Waals surface area contributed by atoms with Crippen molar-refractivity contribution in [3.05, 3.63) is 57.6 Å². The highest BCUT2D eigenvalue weighted by molar-refractivity contribution is 6.33. The number of carbonyl (C=O) groups excluding carboxylic acids is 2. The molecule has 9 heteroatoms. The largest absolute Gasteiger partial charge is 0.456 e. The zero-order chi connectivity index (χ0) is 19.5. The Morgan fingerprint density at radius 1 is 1.12 bits per heavy atom. The molecule has 2 aromatic carbocycles. The summed E-state index contributed by atoms with van der Waals surface area (Å²) >= 11 is 11.8. The van der Waals surface area contributed by atoms with Crippen LogP contribution in [0.3, 0.4) is 0 Å². The Morgan fingerprint density at radius 3 is 2.38 bits per heavy atom. The second kappa shape index (κ2) is 7.97. The maximum atomic E-state index is 12.7. The number of hydrogen-bond acceptors (Lipinski definition) is 4. The number of ether oxygens (including phenoxy) is 2. The van der Waals surface area contributed by atoms with Gasteiger partial charge in [0.2, 0.25) is 0 Å². The monoisotopic (exact) mass is 406 g/mol. The Bertz CT molecular complexity index is 837. The average molecular weight is 407 g/mol. The van der Waals surface area contributed by atoms with Crippen LogP contribution in [0.2, 0.25) is 10.0 Å². The highest BCUT2D eigenvalue weighted by atomic mass is 35.5. The fraction of sp³-hybridized carbons (Fsp3) is 0.176. The molecule has 0 heterocycles. The lowest BCUT2D eigenvalue weighted by molar-refractivity contribution is -0.137. The summed E-state index contributed by atoms with van der Waals surface area (Å²) in [5.74, 6) is -0.789. The van der Waals surface area contributed by atoms with Crippen molar-refractivity contribution in [2.45, 2.75) is 19.2 Å². The lowest BCUT2D eigenvalue weighted by Crippen LogP contribution is -2.16. The van der Waals surface area contributed by atoms with Crippen molar-refractivity contribution in [2.24, 2.45) is 0 Å². The van der Waals surface area contributed by atoms with Crippen LogP contribution in [0.5, 0.6) is 11.5 Å². The van der Waals surface area contributed by atoms with Crippen molar-refractivity contribution in [3.63, 3.8) is 0 Å². The van der Waals surface area contributed by atoms with Crippen LogP contribution in [0, 0.1) is 0 Å². The molecule has 0 aliphatic carbocycles. The van der Waals surface area contributed by atoms with Crippen LogP contribution >= 0.6 is 23.2 Å². The summed E-state index contributed by atoms with van der Waals surface area (Å²) in [5.41, 5.74) is -0.987. The van der Waals surface area contributed by atoms with Crippen LogP contribution in [0.25, 0.3) is 0 Å². The van der Waals surface area contributed by atoms with Gasteiger partial charge in [0.1, 0.15) is 11.5 Å². The molecule has 0 saturated heterocycles. The number of esters is 1. The fourth-order valence-electron chi connectivity index (χ4n) is 1.87. The van der Waals surface area contributed by atoms with Gasteiger partial charge in [-0.2, -0.15) is 13.2 Å². The first-order valence-electron chi connectivity index (χ1n) is 7.12. The van der Waals surface area contributed by atoms with Gasteiger partial charge in [0, 0.05) is 0 Å². The fourth-order valence-corrected chi connectivity index (χ4v) is 2.29. The van der Waals surface area contributed by atoms with Gasteiger partial charge in [0.25, 0.3) is 0 Å². The Kier molecular flexibility index (Phi) is 6.15. The third-order valence-electron chi connectivity index (χ3n) is 3.13. The molecule has 26 heavy (non-hydrogen) atoms. The van der Waals surface area contributed by atoms with Crippen molar-refractivity contribution in [1.82, 2.24) is 0 Å². The van der Waals surface area contributed by atoms with Crippen molar-refractivity contribution < 1.29 is 32.2 Å². The van der Waals surface area contributed by atoms with E-state index >= 15 is 0 Å². The molecule has 0 radical (unpaired) electrons.